The van der Waals surface area contributed by atoms with E-state index in [-0.39, 0.29) is 0 Å². The minimum atomic E-state index is 0.981. The van der Waals surface area contributed by atoms with Crippen LogP contribution in [0.5, 0.6) is 0 Å². The molecule has 0 fully saturated rings. The molecule has 47 valence electrons. The van der Waals surface area contributed by atoms with Gasteiger partial charge in [-0.3, -0.25) is 0 Å². The Labute approximate surface area is 59.4 Å². The summed E-state index contributed by atoms with van der Waals surface area (Å²) in [7, 11) is 0. The molecule has 0 rings (SSSR count). The van der Waals surface area contributed by atoms with E-state index in [9.17, 15) is 0 Å². The Kier molecular flexibility index (Phi) is 5.45. The first-order valence-electron chi connectivity index (χ1n) is 2.95. The van der Waals surface area contributed by atoms with Crippen LogP contribution in [0.2, 0.25) is 0 Å². The van der Waals surface area contributed by atoms with Gasteiger partial charge in [-0.05, 0) is 0 Å². The fourth-order valence-corrected chi connectivity index (χ4v) is 0.586. The number of unbranched alkanes of at least 4 members (excludes halogenated alkanes) is 1. The molecule has 0 unspecified atom stereocenters. The summed E-state index contributed by atoms with van der Waals surface area (Å²) in [6, 6.07) is 0. The van der Waals surface area contributed by atoms with Crippen molar-refractivity contribution in [3.05, 3.63) is 0 Å². The van der Waals surface area contributed by atoms with Crippen molar-refractivity contribution in [3.63, 3.8) is 0 Å². The molecular weight excluding hydrogens is 165 g/mol. The Morgan fingerprint density at radius 1 is 1.62 bits per heavy atom. The Morgan fingerprint density at radius 3 is 2.62 bits per heavy atom. The molecular formula is C6H12NSe. The standard InChI is InChI=1S/C6H12NSe/c1-3-4-5-7-6(2)8/h3-5H2,1-2H3. The third-order valence-corrected chi connectivity index (χ3v) is 1.12. The zero-order chi connectivity index (χ0) is 6.41. The van der Waals surface area contributed by atoms with Gasteiger partial charge in [0.05, 0.1) is 0 Å². The van der Waals surface area contributed by atoms with Crippen molar-refractivity contribution in [2.24, 2.45) is 4.99 Å². The molecule has 1 nitrogen and oxygen atoms in total. The van der Waals surface area contributed by atoms with Crippen LogP contribution in [-0.4, -0.2) is 27.2 Å². The molecule has 0 aliphatic carbocycles. The van der Waals surface area contributed by atoms with E-state index in [1.165, 1.54) is 12.8 Å². The molecule has 8 heavy (non-hydrogen) atoms. The molecule has 0 aromatic rings. The van der Waals surface area contributed by atoms with Crippen LogP contribution in [0.4, 0.5) is 0 Å². The maximum absolute atomic E-state index is 4.18. The molecule has 2 heteroatoms. The normalized spacial score (nSPS) is 12.0. The second-order valence-electron chi connectivity index (χ2n) is 1.75. The molecule has 0 aromatic carbocycles. The summed E-state index contributed by atoms with van der Waals surface area (Å²) >= 11 is 2.85. The Morgan fingerprint density at radius 2 is 2.25 bits per heavy atom. The van der Waals surface area contributed by atoms with Gasteiger partial charge in [0.1, 0.15) is 0 Å². The fourth-order valence-electron chi connectivity index (χ4n) is 0.395. The molecule has 0 aliphatic rings. The van der Waals surface area contributed by atoms with E-state index in [1.54, 1.807) is 0 Å². The monoisotopic (exact) mass is 178 g/mol. The Bertz CT molecular complexity index is 74.6. The molecule has 0 atom stereocenters. The summed E-state index contributed by atoms with van der Waals surface area (Å²) in [6.07, 6.45) is 2.44. The number of nitrogens with zero attached hydrogens (tertiary/aromatic N) is 1. The second-order valence-corrected chi connectivity index (χ2v) is 2.99. The number of hydrogen-bond acceptors (Lipinski definition) is 1. The molecule has 0 heterocycles. The maximum atomic E-state index is 4.18. The van der Waals surface area contributed by atoms with Crippen LogP contribution in [0.3, 0.4) is 0 Å². The van der Waals surface area contributed by atoms with Crippen molar-refractivity contribution in [2.75, 3.05) is 6.54 Å². The third kappa shape index (κ3) is 6.19. The fraction of sp³-hybridized carbons (Fsp3) is 0.833. The van der Waals surface area contributed by atoms with Gasteiger partial charge in [-0.1, -0.05) is 0 Å². The number of aliphatic imine (C=N–C) groups is 1. The molecule has 0 bridgehead atoms. The van der Waals surface area contributed by atoms with Gasteiger partial charge in [0.15, 0.2) is 0 Å². The first-order chi connectivity index (χ1) is 3.77. The van der Waals surface area contributed by atoms with Gasteiger partial charge in [0.25, 0.3) is 0 Å². The van der Waals surface area contributed by atoms with Gasteiger partial charge in [-0.25, -0.2) is 0 Å². The van der Waals surface area contributed by atoms with Gasteiger partial charge in [0, 0.05) is 0 Å². The predicted molar refractivity (Wildman–Crippen MR) is 38.6 cm³/mol. The van der Waals surface area contributed by atoms with E-state index in [0.717, 1.165) is 11.2 Å². The third-order valence-electron chi connectivity index (χ3n) is 0.846. The quantitative estimate of drug-likeness (QED) is 0.351. The summed E-state index contributed by atoms with van der Waals surface area (Å²) in [5, 5.41) is 0. The predicted octanol–water partition coefficient (Wildman–Crippen LogP) is 1.37. The SMILES string of the molecule is CCCCN=C(C)[Se]. The first-order valence-corrected chi connectivity index (χ1v) is 3.81. The summed E-state index contributed by atoms with van der Waals surface area (Å²) < 4.78 is 1.07. The Hall–Kier alpha value is 0.189. The van der Waals surface area contributed by atoms with Crippen LogP contribution in [0.25, 0.3) is 0 Å². The Balaban J connectivity index is 3.03. The second kappa shape index (κ2) is 5.33. The van der Waals surface area contributed by atoms with Crippen LogP contribution in [0, 0.1) is 0 Å². The number of hydrogen-bond donors (Lipinski definition) is 0. The zero-order valence-corrected chi connectivity index (χ0v) is 7.19. The summed E-state index contributed by atoms with van der Waals surface area (Å²) in [5.74, 6) is 0. The molecule has 0 spiro atoms. The average molecular weight is 177 g/mol. The van der Waals surface area contributed by atoms with Gasteiger partial charge < -0.3 is 0 Å². The van der Waals surface area contributed by atoms with E-state index in [2.05, 4.69) is 27.9 Å². The molecule has 0 amide bonds. The van der Waals surface area contributed by atoms with Crippen LogP contribution < -0.4 is 0 Å². The minimum absolute atomic E-state index is 0.981. The van der Waals surface area contributed by atoms with E-state index in [1.807, 2.05) is 6.92 Å². The molecule has 0 saturated heterocycles. The van der Waals surface area contributed by atoms with Crippen LogP contribution in [-0.2, 0) is 0 Å². The van der Waals surface area contributed by atoms with E-state index < -0.39 is 0 Å². The average Bonchev–Trinajstić information content (AvgIpc) is 1.66. The summed E-state index contributed by atoms with van der Waals surface area (Å²) in [5.41, 5.74) is 0. The zero-order valence-electron chi connectivity index (χ0n) is 5.48. The molecule has 0 aliphatic heterocycles. The van der Waals surface area contributed by atoms with E-state index in [0.29, 0.717) is 0 Å². The molecule has 0 N–H and O–H groups in total. The van der Waals surface area contributed by atoms with Crippen LogP contribution in [0.15, 0.2) is 4.99 Å². The van der Waals surface area contributed by atoms with Gasteiger partial charge in [0.2, 0.25) is 0 Å². The summed E-state index contributed by atoms with van der Waals surface area (Å²) in [6.45, 7) is 5.13. The van der Waals surface area contributed by atoms with Crippen molar-refractivity contribution >= 4 is 20.6 Å². The number of rotatable bonds is 3. The van der Waals surface area contributed by atoms with Crippen molar-refractivity contribution in [1.29, 1.82) is 0 Å². The van der Waals surface area contributed by atoms with Crippen LogP contribution >= 0.6 is 0 Å². The topological polar surface area (TPSA) is 12.4 Å². The molecule has 0 saturated carbocycles. The van der Waals surface area contributed by atoms with E-state index in [4.69, 9.17) is 0 Å². The van der Waals surface area contributed by atoms with Crippen molar-refractivity contribution < 1.29 is 0 Å². The van der Waals surface area contributed by atoms with Gasteiger partial charge in [-0.2, -0.15) is 0 Å². The molecule has 1 radical (unpaired) electrons. The van der Waals surface area contributed by atoms with E-state index >= 15 is 0 Å². The van der Waals surface area contributed by atoms with Crippen molar-refractivity contribution in [3.8, 4) is 0 Å². The van der Waals surface area contributed by atoms with Gasteiger partial charge in [-0.15, -0.1) is 0 Å². The van der Waals surface area contributed by atoms with Gasteiger partial charge >= 0.3 is 58.8 Å². The van der Waals surface area contributed by atoms with Crippen molar-refractivity contribution in [1.82, 2.24) is 0 Å². The van der Waals surface area contributed by atoms with Crippen LogP contribution in [0.1, 0.15) is 26.7 Å². The molecule has 0 aromatic heterocycles. The van der Waals surface area contributed by atoms with Crippen molar-refractivity contribution in [2.45, 2.75) is 26.7 Å². The first kappa shape index (κ1) is 8.19. The summed E-state index contributed by atoms with van der Waals surface area (Å²) in [4.78, 5) is 4.18.